The van der Waals surface area contributed by atoms with Gasteiger partial charge in [-0.15, -0.1) is 0 Å². The molecule has 1 aromatic heterocycles. The van der Waals surface area contributed by atoms with Crippen LogP contribution in [0.25, 0.3) is 0 Å². The zero-order valence-corrected chi connectivity index (χ0v) is 6.00. The van der Waals surface area contributed by atoms with Crippen LogP contribution in [0.2, 0.25) is 0 Å². The number of hydrogen-bond donors (Lipinski definition) is 2. The molecule has 0 atom stereocenters. The number of nitrogens with two attached hydrogens (primary N) is 1. The van der Waals surface area contributed by atoms with Crippen molar-refractivity contribution in [1.82, 2.24) is 4.98 Å². The highest BCUT2D eigenvalue weighted by atomic mass is 16.5. The molecule has 1 aliphatic rings. The maximum absolute atomic E-state index is 5.61. The highest BCUT2D eigenvalue weighted by molar-refractivity contribution is 5.68. The van der Waals surface area contributed by atoms with E-state index in [1.54, 1.807) is 12.4 Å². The van der Waals surface area contributed by atoms with Gasteiger partial charge in [-0.1, -0.05) is 0 Å². The van der Waals surface area contributed by atoms with Gasteiger partial charge in [0, 0.05) is 6.54 Å². The predicted octanol–water partition coefficient (Wildman–Crippen LogP) is 0.468. The summed E-state index contributed by atoms with van der Waals surface area (Å²) in [4.78, 5) is 3.93. The van der Waals surface area contributed by atoms with E-state index in [9.17, 15) is 0 Å². The summed E-state index contributed by atoms with van der Waals surface area (Å²) in [5.41, 5.74) is 7.09. The number of anilines is 2. The summed E-state index contributed by atoms with van der Waals surface area (Å²) in [5, 5.41) is 3.14. The van der Waals surface area contributed by atoms with Gasteiger partial charge in [-0.3, -0.25) is 4.98 Å². The first-order valence-corrected chi connectivity index (χ1v) is 3.48. The highest BCUT2D eigenvalue weighted by Crippen LogP contribution is 2.31. The van der Waals surface area contributed by atoms with E-state index in [1.165, 1.54) is 0 Å². The predicted molar refractivity (Wildman–Crippen MR) is 42.6 cm³/mol. The zero-order valence-electron chi connectivity index (χ0n) is 6.00. The van der Waals surface area contributed by atoms with Gasteiger partial charge in [0.2, 0.25) is 0 Å². The van der Waals surface area contributed by atoms with Crippen molar-refractivity contribution in [3.8, 4) is 5.75 Å². The quantitative estimate of drug-likeness (QED) is 0.565. The molecule has 58 valence electrons. The van der Waals surface area contributed by atoms with E-state index in [1.807, 2.05) is 0 Å². The van der Waals surface area contributed by atoms with Crippen molar-refractivity contribution in [2.24, 2.45) is 0 Å². The van der Waals surface area contributed by atoms with Crippen molar-refractivity contribution in [2.75, 3.05) is 24.2 Å². The Morgan fingerprint density at radius 1 is 1.55 bits per heavy atom. The van der Waals surface area contributed by atoms with Gasteiger partial charge in [0.15, 0.2) is 5.75 Å². The van der Waals surface area contributed by atoms with Crippen molar-refractivity contribution >= 4 is 11.4 Å². The Labute approximate surface area is 64.4 Å². The molecule has 4 heteroatoms. The van der Waals surface area contributed by atoms with Crippen LogP contribution < -0.4 is 15.8 Å². The molecule has 0 aromatic carbocycles. The van der Waals surface area contributed by atoms with E-state index in [4.69, 9.17) is 10.5 Å². The summed E-state index contributed by atoms with van der Waals surface area (Å²) in [6.45, 7) is 1.49. The normalized spacial score (nSPS) is 14.5. The molecular weight excluding hydrogens is 142 g/mol. The number of fused-ring (bicyclic) bond motifs is 1. The molecule has 3 N–H and O–H groups in total. The topological polar surface area (TPSA) is 60.2 Å². The minimum absolute atomic E-state index is 0.592. The van der Waals surface area contributed by atoms with Crippen LogP contribution in [0.4, 0.5) is 11.4 Å². The summed E-state index contributed by atoms with van der Waals surface area (Å²) in [6.07, 6.45) is 3.30. The van der Waals surface area contributed by atoms with Crippen LogP contribution >= 0.6 is 0 Å². The molecule has 0 amide bonds. The second-order valence-electron chi connectivity index (χ2n) is 2.38. The Balaban J connectivity index is 2.49. The van der Waals surface area contributed by atoms with Crippen LogP contribution in [-0.2, 0) is 0 Å². The molecule has 0 saturated heterocycles. The summed E-state index contributed by atoms with van der Waals surface area (Å²) in [6, 6.07) is 0. The van der Waals surface area contributed by atoms with Gasteiger partial charge >= 0.3 is 0 Å². The van der Waals surface area contributed by atoms with Crippen LogP contribution in [0.3, 0.4) is 0 Å². The fraction of sp³-hybridized carbons (Fsp3) is 0.286. The zero-order chi connectivity index (χ0) is 7.68. The van der Waals surface area contributed by atoms with Crippen molar-refractivity contribution in [3.05, 3.63) is 12.4 Å². The van der Waals surface area contributed by atoms with Gasteiger partial charge in [0.1, 0.15) is 6.61 Å². The van der Waals surface area contributed by atoms with Gasteiger partial charge in [0.25, 0.3) is 0 Å². The Hall–Kier alpha value is -1.45. The van der Waals surface area contributed by atoms with E-state index < -0.39 is 0 Å². The Morgan fingerprint density at radius 3 is 3.27 bits per heavy atom. The molecule has 0 bridgehead atoms. The maximum atomic E-state index is 5.61. The van der Waals surface area contributed by atoms with Crippen LogP contribution in [0, 0.1) is 0 Å². The van der Waals surface area contributed by atoms with Gasteiger partial charge in [-0.2, -0.15) is 0 Å². The lowest BCUT2D eigenvalue weighted by Gasteiger charge is -2.19. The second kappa shape index (κ2) is 2.30. The first-order chi connectivity index (χ1) is 5.38. The summed E-state index contributed by atoms with van der Waals surface area (Å²) in [7, 11) is 0. The number of ether oxygens (including phenoxy) is 1. The van der Waals surface area contributed by atoms with Crippen LogP contribution in [-0.4, -0.2) is 18.1 Å². The average Bonchev–Trinajstić information content (AvgIpc) is 2.06. The third-order valence-corrected chi connectivity index (χ3v) is 1.59. The summed E-state index contributed by atoms with van der Waals surface area (Å²) < 4.78 is 5.33. The number of nitrogens with zero attached hydrogens (tertiary/aromatic N) is 1. The number of nitrogens with one attached hydrogen (secondary N) is 1. The molecule has 0 radical (unpaired) electrons. The average molecular weight is 151 g/mol. The minimum Gasteiger partial charge on any atom is -0.487 e. The number of nitrogen functional groups attached to an aromatic ring is 1. The molecule has 0 saturated carbocycles. The molecular formula is C7H9N3O. The molecule has 4 nitrogen and oxygen atoms in total. The lowest BCUT2D eigenvalue weighted by molar-refractivity contribution is 0.324. The number of rotatable bonds is 0. The molecule has 1 aliphatic heterocycles. The largest absolute Gasteiger partial charge is 0.487 e. The number of pyridine rings is 1. The molecule has 0 spiro atoms. The standard InChI is InChI=1S/C7H9N3O/c8-5-3-9-4-6-7(5)11-2-1-10-6/h3-4,10H,1-2,8H2. The highest BCUT2D eigenvalue weighted by Gasteiger charge is 2.11. The first kappa shape index (κ1) is 6.27. The molecule has 0 fully saturated rings. The molecule has 0 aliphatic carbocycles. The third-order valence-electron chi connectivity index (χ3n) is 1.59. The fourth-order valence-electron chi connectivity index (χ4n) is 1.09. The maximum Gasteiger partial charge on any atom is 0.168 e. The van der Waals surface area contributed by atoms with Gasteiger partial charge in [-0.05, 0) is 0 Å². The molecule has 11 heavy (non-hydrogen) atoms. The van der Waals surface area contributed by atoms with E-state index in [-0.39, 0.29) is 0 Å². The van der Waals surface area contributed by atoms with Crippen LogP contribution in [0.5, 0.6) is 5.75 Å². The van der Waals surface area contributed by atoms with Gasteiger partial charge in [-0.25, -0.2) is 0 Å². The van der Waals surface area contributed by atoms with Crippen molar-refractivity contribution in [3.63, 3.8) is 0 Å². The second-order valence-corrected chi connectivity index (χ2v) is 2.38. The van der Waals surface area contributed by atoms with Crippen molar-refractivity contribution < 1.29 is 4.74 Å². The number of hydrogen-bond acceptors (Lipinski definition) is 4. The Bertz CT molecular complexity index is 274. The van der Waals surface area contributed by atoms with Crippen molar-refractivity contribution in [1.29, 1.82) is 0 Å². The third kappa shape index (κ3) is 0.960. The Kier molecular flexibility index (Phi) is 1.31. The van der Waals surface area contributed by atoms with Gasteiger partial charge < -0.3 is 15.8 Å². The molecule has 0 unspecified atom stereocenters. The summed E-state index contributed by atoms with van der Waals surface area (Å²) >= 11 is 0. The lowest BCUT2D eigenvalue weighted by Crippen LogP contribution is -2.19. The van der Waals surface area contributed by atoms with E-state index in [2.05, 4.69) is 10.3 Å². The fourth-order valence-corrected chi connectivity index (χ4v) is 1.09. The molecule has 1 aromatic rings. The van der Waals surface area contributed by atoms with E-state index in [0.717, 1.165) is 18.0 Å². The first-order valence-electron chi connectivity index (χ1n) is 3.48. The van der Waals surface area contributed by atoms with Crippen LogP contribution in [0.1, 0.15) is 0 Å². The molecule has 2 rings (SSSR count). The number of aromatic nitrogens is 1. The van der Waals surface area contributed by atoms with E-state index >= 15 is 0 Å². The van der Waals surface area contributed by atoms with Crippen LogP contribution in [0.15, 0.2) is 12.4 Å². The lowest BCUT2D eigenvalue weighted by atomic mass is 10.3. The Morgan fingerprint density at radius 2 is 2.45 bits per heavy atom. The smallest absolute Gasteiger partial charge is 0.168 e. The SMILES string of the molecule is Nc1cncc2c1OCCN2. The van der Waals surface area contributed by atoms with E-state index in [0.29, 0.717) is 12.3 Å². The summed E-state index contributed by atoms with van der Waals surface area (Å²) in [5.74, 6) is 0.728. The molecule has 2 heterocycles. The monoisotopic (exact) mass is 151 g/mol. The minimum atomic E-state index is 0.592. The van der Waals surface area contributed by atoms with Gasteiger partial charge in [0.05, 0.1) is 23.8 Å². The van der Waals surface area contributed by atoms with Crippen molar-refractivity contribution in [2.45, 2.75) is 0 Å².